The van der Waals surface area contributed by atoms with Crippen molar-refractivity contribution in [3.63, 3.8) is 0 Å². The molecule has 124 valence electrons. The Labute approximate surface area is 146 Å². The van der Waals surface area contributed by atoms with Crippen molar-refractivity contribution in [2.24, 2.45) is 0 Å². The summed E-state index contributed by atoms with van der Waals surface area (Å²) in [7, 11) is 0. The number of aromatic amines is 1. The average Bonchev–Trinajstić information content (AvgIpc) is 2.97. The number of carbonyl (C=O) groups is 1. The number of hydrogen-bond acceptors (Lipinski definition) is 3. The van der Waals surface area contributed by atoms with Gasteiger partial charge < -0.3 is 10.3 Å². The number of benzene rings is 2. The van der Waals surface area contributed by atoms with E-state index in [0.29, 0.717) is 5.92 Å². The molecule has 0 spiro atoms. The largest absolute Gasteiger partial charge is 0.333 e. The van der Waals surface area contributed by atoms with Crippen molar-refractivity contribution >= 4 is 34.4 Å². The van der Waals surface area contributed by atoms with Crippen LogP contribution in [0.2, 0.25) is 0 Å². The zero-order chi connectivity index (χ0) is 17.1. The fraction of sp³-hybridized carbons (Fsp3) is 0.263. The molecule has 4 nitrogen and oxygen atoms in total. The summed E-state index contributed by atoms with van der Waals surface area (Å²) < 4.78 is 0. The van der Waals surface area contributed by atoms with Crippen LogP contribution in [0, 0.1) is 0 Å². The van der Waals surface area contributed by atoms with Crippen molar-refractivity contribution in [2.45, 2.75) is 37.1 Å². The first-order valence-electron chi connectivity index (χ1n) is 8.06. The second kappa shape index (κ2) is 7.09. The normalized spacial score (nSPS) is 12.5. The van der Waals surface area contributed by atoms with Crippen molar-refractivity contribution in [1.29, 1.82) is 0 Å². The van der Waals surface area contributed by atoms with Gasteiger partial charge in [0.25, 0.3) is 0 Å². The van der Waals surface area contributed by atoms with E-state index in [9.17, 15) is 4.79 Å². The summed E-state index contributed by atoms with van der Waals surface area (Å²) in [6, 6.07) is 15.8. The van der Waals surface area contributed by atoms with E-state index in [1.165, 1.54) is 11.8 Å². The Balaban J connectivity index is 1.71. The Morgan fingerprint density at radius 2 is 1.79 bits per heavy atom. The number of rotatable bonds is 5. The van der Waals surface area contributed by atoms with E-state index in [1.807, 2.05) is 49.4 Å². The first-order valence-corrected chi connectivity index (χ1v) is 8.93. The molecule has 5 heteroatoms. The summed E-state index contributed by atoms with van der Waals surface area (Å²) in [6.45, 7) is 6.14. The third-order valence-corrected chi connectivity index (χ3v) is 4.85. The number of carbonyl (C=O) groups excluding carboxylic acids is 1. The van der Waals surface area contributed by atoms with Crippen molar-refractivity contribution in [3.8, 4) is 0 Å². The Morgan fingerprint density at radius 3 is 2.54 bits per heavy atom. The molecular weight excluding hydrogens is 318 g/mol. The van der Waals surface area contributed by atoms with Crippen LogP contribution in [-0.4, -0.2) is 21.1 Å². The van der Waals surface area contributed by atoms with Crippen molar-refractivity contribution in [1.82, 2.24) is 9.97 Å². The topological polar surface area (TPSA) is 57.8 Å². The number of para-hydroxylation sites is 3. The number of aromatic nitrogens is 2. The van der Waals surface area contributed by atoms with E-state index in [0.717, 1.165) is 27.4 Å². The molecule has 0 bridgehead atoms. The summed E-state index contributed by atoms with van der Waals surface area (Å²) >= 11 is 1.43. The number of H-pyrrole nitrogens is 1. The summed E-state index contributed by atoms with van der Waals surface area (Å²) in [5.41, 5.74) is 3.93. The lowest BCUT2D eigenvalue weighted by atomic mass is 10.0. The minimum Gasteiger partial charge on any atom is -0.333 e. The zero-order valence-electron chi connectivity index (χ0n) is 14.0. The van der Waals surface area contributed by atoms with Crippen LogP contribution in [0.3, 0.4) is 0 Å². The van der Waals surface area contributed by atoms with Crippen LogP contribution in [0.5, 0.6) is 0 Å². The van der Waals surface area contributed by atoms with Crippen LogP contribution in [0.1, 0.15) is 32.3 Å². The Kier molecular flexibility index (Phi) is 4.90. The number of amides is 1. The molecule has 2 N–H and O–H groups in total. The molecule has 0 fully saturated rings. The van der Waals surface area contributed by atoms with Gasteiger partial charge in [-0.3, -0.25) is 4.79 Å². The minimum absolute atomic E-state index is 0.0199. The average molecular weight is 339 g/mol. The second-order valence-corrected chi connectivity index (χ2v) is 7.38. The molecule has 24 heavy (non-hydrogen) atoms. The molecule has 3 rings (SSSR count). The molecule has 3 aromatic rings. The van der Waals surface area contributed by atoms with Crippen LogP contribution in [-0.2, 0) is 4.79 Å². The van der Waals surface area contributed by atoms with Gasteiger partial charge in [-0.15, -0.1) is 0 Å². The maximum atomic E-state index is 12.5. The number of nitrogens with one attached hydrogen (secondary N) is 2. The molecule has 1 amide bonds. The number of hydrogen-bond donors (Lipinski definition) is 2. The Bertz CT molecular complexity index is 823. The summed E-state index contributed by atoms with van der Waals surface area (Å²) in [5.74, 6) is 0.341. The van der Waals surface area contributed by atoms with Gasteiger partial charge in [-0.2, -0.15) is 0 Å². The molecule has 1 unspecified atom stereocenters. The van der Waals surface area contributed by atoms with E-state index in [-0.39, 0.29) is 11.2 Å². The quantitative estimate of drug-likeness (QED) is 0.656. The maximum absolute atomic E-state index is 12.5. The van der Waals surface area contributed by atoms with Crippen LogP contribution < -0.4 is 5.32 Å². The number of nitrogens with zero attached hydrogens (tertiary/aromatic N) is 1. The molecule has 1 aromatic heterocycles. The van der Waals surface area contributed by atoms with Gasteiger partial charge in [0, 0.05) is 5.69 Å². The smallest absolute Gasteiger partial charge is 0.237 e. The summed E-state index contributed by atoms with van der Waals surface area (Å²) in [5, 5.41) is 3.56. The Morgan fingerprint density at radius 1 is 1.08 bits per heavy atom. The lowest BCUT2D eigenvalue weighted by molar-refractivity contribution is -0.115. The molecule has 0 saturated heterocycles. The number of thioether (sulfide) groups is 1. The molecule has 0 radical (unpaired) electrons. The van der Waals surface area contributed by atoms with Gasteiger partial charge >= 0.3 is 0 Å². The van der Waals surface area contributed by atoms with Gasteiger partial charge in [0.1, 0.15) is 0 Å². The first kappa shape index (κ1) is 16.6. The third kappa shape index (κ3) is 3.62. The highest BCUT2D eigenvalue weighted by Crippen LogP contribution is 2.27. The van der Waals surface area contributed by atoms with E-state index in [1.54, 1.807) is 0 Å². The van der Waals surface area contributed by atoms with Crippen LogP contribution in [0.4, 0.5) is 5.69 Å². The predicted octanol–water partition coefficient (Wildman–Crippen LogP) is 4.81. The number of anilines is 1. The van der Waals surface area contributed by atoms with Gasteiger partial charge in [-0.05, 0) is 36.6 Å². The minimum atomic E-state index is -0.245. The van der Waals surface area contributed by atoms with Crippen molar-refractivity contribution in [3.05, 3.63) is 54.1 Å². The molecule has 0 saturated carbocycles. The van der Waals surface area contributed by atoms with Crippen LogP contribution in [0.25, 0.3) is 11.0 Å². The lowest BCUT2D eigenvalue weighted by Gasteiger charge is -2.15. The number of fused-ring (bicyclic) bond motifs is 1. The fourth-order valence-electron chi connectivity index (χ4n) is 2.55. The van der Waals surface area contributed by atoms with Gasteiger partial charge in [0.05, 0.1) is 16.3 Å². The highest BCUT2D eigenvalue weighted by Gasteiger charge is 2.18. The van der Waals surface area contributed by atoms with Gasteiger partial charge in [0.2, 0.25) is 5.91 Å². The zero-order valence-corrected chi connectivity index (χ0v) is 14.9. The maximum Gasteiger partial charge on any atom is 0.237 e. The van der Waals surface area contributed by atoms with Crippen LogP contribution >= 0.6 is 11.8 Å². The molecule has 0 aliphatic rings. The van der Waals surface area contributed by atoms with Crippen molar-refractivity contribution < 1.29 is 4.79 Å². The SMILES string of the molecule is CC(Sc1nc2ccccc2[nH]1)C(=O)Nc1ccccc1C(C)C. The first-order chi connectivity index (χ1) is 11.5. The van der Waals surface area contributed by atoms with Gasteiger partial charge in [0.15, 0.2) is 5.16 Å². The summed E-state index contributed by atoms with van der Waals surface area (Å²) in [6.07, 6.45) is 0. The predicted molar refractivity (Wildman–Crippen MR) is 101 cm³/mol. The van der Waals surface area contributed by atoms with Gasteiger partial charge in [-0.1, -0.05) is 55.9 Å². The molecule has 1 atom stereocenters. The highest BCUT2D eigenvalue weighted by atomic mass is 32.2. The molecule has 2 aromatic carbocycles. The van der Waals surface area contributed by atoms with E-state index in [2.05, 4.69) is 35.2 Å². The van der Waals surface area contributed by atoms with E-state index in [4.69, 9.17) is 0 Å². The molecule has 1 heterocycles. The standard InChI is InChI=1S/C19H21N3OS/c1-12(2)14-8-4-5-9-15(14)20-18(23)13(3)24-19-21-16-10-6-7-11-17(16)22-19/h4-13H,1-3H3,(H,20,23)(H,21,22). The number of imidazole rings is 1. The molecule has 0 aliphatic carbocycles. The highest BCUT2D eigenvalue weighted by molar-refractivity contribution is 8.00. The third-order valence-electron chi connectivity index (χ3n) is 3.87. The lowest BCUT2D eigenvalue weighted by Crippen LogP contribution is -2.23. The van der Waals surface area contributed by atoms with Crippen molar-refractivity contribution in [2.75, 3.05) is 5.32 Å². The van der Waals surface area contributed by atoms with E-state index < -0.39 is 0 Å². The molecular formula is C19H21N3OS. The Hall–Kier alpha value is -2.27. The molecule has 0 aliphatic heterocycles. The van der Waals surface area contributed by atoms with Crippen LogP contribution in [0.15, 0.2) is 53.7 Å². The van der Waals surface area contributed by atoms with E-state index >= 15 is 0 Å². The summed E-state index contributed by atoms with van der Waals surface area (Å²) in [4.78, 5) is 20.3. The second-order valence-electron chi connectivity index (χ2n) is 6.05. The van der Waals surface area contributed by atoms with Gasteiger partial charge in [-0.25, -0.2) is 4.98 Å². The fourth-order valence-corrected chi connectivity index (χ4v) is 3.38. The monoisotopic (exact) mass is 339 g/mol.